The summed E-state index contributed by atoms with van der Waals surface area (Å²) >= 11 is 0. The highest BCUT2D eigenvalue weighted by atomic mass is 16.3. The Morgan fingerprint density at radius 1 is 1.62 bits per heavy atom. The van der Waals surface area contributed by atoms with Gasteiger partial charge < -0.3 is 10.0 Å². The van der Waals surface area contributed by atoms with Gasteiger partial charge in [-0.1, -0.05) is 0 Å². The standard InChI is InChI=1S/C10H14N2O/c1-8-6-9(2-4-11-8)12-5-3-10(13)7-12/h2,4,6,10,13H,3,5,7H2,1H3/t10-/m0/s1. The van der Waals surface area contributed by atoms with Gasteiger partial charge in [-0.15, -0.1) is 0 Å². The lowest BCUT2D eigenvalue weighted by atomic mass is 10.3. The van der Waals surface area contributed by atoms with E-state index in [4.69, 9.17) is 0 Å². The Morgan fingerprint density at radius 2 is 2.46 bits per heavy atom. The summed E-state index contributed by atoms with van der Waals surface area (Å²) in [4.78, 5) is 6.33. The Labute approximate surface area is 78.0 Å². The molecule has 1 aliphatic heterocycles. The van der Waals surface area contributed by atoms with Crippen molar-refractivity contribution in [2.45, 2.75) is 19.4 Å². The molecule has 0 spiro atoms. The van der Waals surface area contributed by atoms with E-state index >= 15 is 0 Å². The first-order valence-electron chi connectivity index (χ1n) is 4.61. The average molecular weight is 178 g/mol. The summed E-state index contributed by atoms with van der Waals surface area (Å²) < 4.78 is 0. The highest BCUT2D eigenvalue weighted by Crippen LogP contribution is 2.19. The molecule has 1 aliphatic rings. The number of aliphatic hydroxyl groups excluding tert-OH is 1. The van der Waals surface area contributed by atoms with Gasteiger partial charge in [0.15, 0.2) is 0 Å². The molecule has 1 atom stereocenters. The molecule has 3 nitrogen and oxygen atoms in total. The van der Waals surface area contributed by atoms with Crippen molar-refractivity contribution in [2.24, 2.45) is 0 Å². The molecule has 1 N–H and O–H groups in total. The van der Waals surface area contributed by atoms with Crippen molar-refractivity contribution in [3.8, 4) is 0 Å². The molecule has 0 radical (unpaired) electrons. The lowest BCUT2D eigenvalue weighted by molar-refractivity contribution is 0.198. The normalized spacial score (nSPS) is 22.3. The quantitative estimate of drug-likeness (QED) is 0.696. The van der Waals surface area contributed by atoms with E-state index in [0.717, 1.165) is 25.2 Å². The van der Waals surface area contributed by atoms with E-state index in [1.54, 1.807) is 0 Å². The van der Waals surface area contributed by atoms with Gasteiger partial charge >= 0.3 is 0 Å². The van der Waals surface area contributed by atoms with E-state index in [1.807, 2.05) is 19.2 Å². The van der Waals surface area contributed by atoms with Crippen LogP contribution in [0.3, 0.4) is 0 Å². The van der Waals surface area contributed by atoms with Crippen molar-refractivity contribution in [3.05, 3.63) is 24.0 Å². The van der Waals surface area contributed by atoms with Crippen molar-refractivity contribution in [1.82, 2.24) is 4.98 Å². The first-order chi connectivity index (χ1) is 6.25. The molecule has 2 heterocycles. The molecule has 70 valence electrons. The second-order valence-electron chi connectivity index (χ2n) is 3.54. The molecular weight excluding hydrogens is 164 g/mol. The van der Waals surface area contributed by atoms with Crippen molar-refractivity contribution in [3.63, 3.8) is 0 Å². The summed E-state index contributed by atoms with van der Waals surface area (Å²) in [6.45, 7) is 3.68. The number of rotatable bonds is 1. The second-order valence-corrected chi connectivity index (χ2v) is 3.54. The third-order valence-electron chi connectivity index (χ3n) is 2.41. The number of pyridine rings is 1. The number of aromatic nitrogens is 1. The average Bonchev–Trinajstić information content (AvgIpc) is 2.52. The van der Waals surface area contributed by atoms with Crippen LogP contribution in [0.1, 0.15) is 12.1 Å². The number of nitrogens with zero attached hydrogens (tertiary/aromatic N) is 2. The summed E-state index contributed by atoms with van der Waals surface area (Å²) in [7, 11) is 0. The maximum atomic E-state index is 9.37. The zero-order chi connectivity index (χ0) is 9.26. The number of hydrogen-bond donors (Lipinski definition) is 1. The van der Waals surface area contributed by atoms with E-state index in [0.29, 0.717) is 0 Å². The highest BCUT2D eigenvalue weighted by Gasteiger charge is 2.20. The maximum Gasteiger partial charge on any atom is 0.0731 e. The Morgan fingerprint density at radius 3 is 3.08 bits per heavy atom. The molecular formula is C10H14N2O. The Hall–Kier alpha value is -1.09. The third kappa shape index (κ3) is 1.80. The maximum absolute atomic E-state index is 9.37. The smallest absolute Gasteiger partial charge is 0.0731 e. The Balaban J connectivity index is 2.16. The van der Waals surface area contributed by atoms with Crippen LogP contribution < -0.4 is 4.90 Å². The van der Waals surface area contributed by atoms with Gasteiger partial charge in [0.2, 0.25) is 0 Å². The van der Waals surface area contributed by atoms with E-state index in [1.165, 1.54) is 5.69 Å². The molecule has 1 aromatic rings. The Bertz CT molecular complexity index is 301. The highest BCUT2D eigenvalue weighted by molar-refractivity contribution is 5.47. The van der Waals surface area contributed by atoms with Gasteiger partial charge in [-0.2, -0.15) is 0 Å². The van der Waals surface area contributed by atoms with Crippen LogP contribution in [0.25, 0.3) is 0 Å². The van der Waals surface area contributed by atoms with Gasteiger partial charge in [0.05, 0.1) is 6.10 Å². The van der Waals surface area contributed by atoms with Gasteiger partial charge in [0.25, 0.3) is 0 Å². The lowest BCUT2D eigenvalue weighted by Crippen LogP contribution is -2.21. The van der Waals surface area contributed by atoms with Crippen LogP contribution in [0, 0.1) is 6.92 Å². The van der Waals surface area contributed by atoms with Crippen LogP contribution in [0.2, 0.25) is 0 Å². The van der Waals surface area contributed by atoms with Gasteiger partial charge in [-0.05, 0) is 25.5 Å². The topological polar surface area (TPSA) is 36.4 Å². The van der Waals surface area contributed by atoms with Crippen molar-refractivity contribution in [1.29, 1.82) is 0 Å². The molecule has 0 bridgehead atoms. The van der Waals surface area contributed by atoms with Crippen LogP contribution in [0.4, 0.5) is 5.69 Å². The summed E-state index contributed by atoms with van der Waals surface area (Å²) in [5.41, 5.74) is 2.20. The van der Waals surface area contributed by atoms with Gasteiger partial charge in [0.1, 0.15) is 0 Å². The predicted molar refractivity (Wildman–Crippen MR) is 51.8 cm³/mol. The second kappa shape index (κ2) is 3.34. The number of anilines is 1. The summed E-state index contributed by atoms with van der Waals surface area (Å²) in [5, 5.41) is 9.37. The first kappa shape index (κ1) is 8.51. The molecule has 3 heteroatoms. The molecule has 13 heavy (non-hydrogen) atoms. The molecule has 0 saturated carbocycles. The van der Waals surface area contributed by atoms with E-state index in [9.17, 15) is 5.11 Å². The van der Waals surface area contributed by atoms with E-state index < -0.39 is 0 Å². The summed E-state index contributed by atoms with van der Waals surface area (Å²) in [5.74, 6) is 0. The van der Waals surface area contributed by atoms with E-state index in [2.05, 4.69) is 16.0 Å². The molecule has 1 fully saturated rings. The fourth-order valence-corrected chi connectivity index (χ4v) is 1.70. The van der Waals surface area contributed by atoms with Crippen molar-refractivity contribution >= 4 is 5.69 Å². The van der Waals surface area contributed by atoms with Crippen LogP contribution in [0.5, 0.6) is 0 Å². The zero-order valence-corrected chi connectivity index (χ0v) is 7.77. The SMILES string of the molecule is Cc1cc(N2CC[C@H](O)C2)ccn1. The number of aryl methyl sites for hydroxylation is 1. The van der Waals surface area contributed by atoms with Crippen LogP contribution >= 0.6 is 0 Å². The third-order valence-corrected chi connectivity index (χ3v) is 2.41. The lowest BCUT2D eigenvalue weighted by Gasteiger charge is -2.17. The molecule has 1 saturated heterocycles. The summed E-state index contributed by atoms with van der Waals surface area (Å²) in [6, 6.07) is 4.04. The number of hydrogen-bond acceptors (Lipinski definition) is 3. The molecule has 2 rings (SSSR count). The number of aliphatic hydroxyl groups is 1. The fraction of sp³-hybridized carbons (Fsp3) is 0.500. The van der Waals surface area contributed by atoms with Crippen LogP contribution in [-0.2, 0) is 0 Å². The zero-order valence-electron chi connectivity index (χ0n) is 7.77. The van der Waals surface area contributed by atoms with E-state index in [-0.39, 0.29) is 6.10 Å². The fourth-order valence-electron chi connectivity index (χ4n) is 1.70. The molecule has 0 aromatic carbocycles. The molecule has 0 unspecified atom stereocenters. The van der Waals surface area contributed by atoms with Crippen LogP contribution in [-0.4, -0.2) is 29.3 Å². The van der Waals surface area contributed by atoms with Gasteiger partial charge in [-0.3, -0.25) is 4.98 Å². The largest absolute Gasteiger partial charge is 0.391 e. The van der Waals surface area contributed by atoms with Gasteiger partial charge in [-0.25, -0.2) is 0 Å². The Kier molecular flexibility index (Phi) is 2.19. The minimum Gasteiger partial charge on any atom is -0.391 e. The minimum atomic E-state index is -0.159. The molecule has 0 amide bonds. The molecule has 1 aromatic heterocycles. The van der Waals surface area contributed by atoms with Crippen LogP contribution in [0.15, 0.2) is 18.3 Å². The van der Waals surface area contributed by atoms with Crippen molar-refractivity contribution < 1.29 is 5.11 Å². The minimum absolute atomic E-state index is 0.159. The molecule has 0 aliphatic carbocycles. The van der Waals surface area contributed by atoms with Gasteiger partial charge in [0, 0.05) is 30.7 Å². The summed E-state index contributed by atoms with van der Waals surface area (Å²) in [6.07, 6.45) is 2.53. The number of β-amino-alcohol motifs (C(OH)–C–C–N with tert-alkyl or cyclic N) is 1. The van der Waals surface area contributed by atoms with Crippen molar-refractivity contribution in [2.75, 3.05) is 18.0 Å². The monoisotopic (exact) mass is 178 g/mol. The first-order valence-corrected chi connectivity index (χ1v) is 4.61. The predicted octanol–water partition coefficient (Wildman–Crippen LogP) is 0.961.